The molecular formula is C13H20O2. The summed E-state index contributed by atoms with van der Waals surface area (Å²) >= 11 is 0. The van der Waals surface area contributed by atoms with E-state index in [1.807, 2.05) is 6.92 Å². The number of rotatable bonds is 2. The van der Waals surface area contributed by atoms with E-state index in [0.29, 0.717) is 17.9 Å². The quantitative estimate of drug-likeness (QED) is 0.515. The molecule has 0 unspecified atom stereocenters. The molecule has 0 aromatic rings. The van der Waals surface area contributed by atoms with Crippen molar-refractivity contribution >= 4 is 5.97 Å². The van der Waals surface area contributed by atoms with E-state index in [0.717, 1.165) is 12.3 Å². The number of carbonyl (C=O) groups is 1. The maximum Gasteiger partial charge on any atom is 0.330 e. The molecule has 0 spiro atoms. The van der Waals surface area contributed by atoms with E-state index in [1.54, 1.807) is 6.08 Å². The highest BCUT2D eigenvalue weighted by Gasteiger charge is 2.52. The highest BCUT2D eigenvalue weighted by Crippen LogP contribution is 2.61. The van der Waals surface area contributed by atoms with Gasteiger partial charge < -0.3 is 4.74 Å². The summed E-state index contributed by atoms with van der Waals surface area (Å²) in [6.45, 7) is 6.97. The summed E-state index contributed by atoms with van der Waals surface area (Å²) in [5.74, 6) is 1.34. The molecule has 0 aliphatic heterocycles. The molecule has 3 rings (SSSR count). The van der Waals surface area contributed by atoms with Gasteiger partial charge in [-0.1, -0.05) is 19.4 Å². The summed E-state index contributed by atoms with van der Waals surface area (Å²) < 4.78 is 4.96. The Balaban J connectivity index is 2.07. The van der Waals surface area contributed by atoms with Crippen LogP contribution in [-0.2, 0) is 9.53 Å². The minimum atomic E-state index is -0.159. The SMILES string of the molecule is CCOC(=O)/C=C1\CC[C@H]2C[C@@H]1C2(C)C. The second-order valence-corrected chi connectivity index (χ2v) is 5.32. The minimum Gasteiger partial charge on any atom is -0.463 e. The van der Waals surface area contributed by atoms with Gasteiger partial charge in [-0.3, -0.25) is 0 Å². The van der Waals surface area contributed by atoms with Gasteiger partial charge in [-0.2, -0.15) is 0 Å². The van der Waals surface area contributed by atoms with Crippen molar-refractivity contribution in [1.29, 1.82) is 0 Å². The minimum absolute atomic E-state index is 0.159. The summed E-state index contributed by atoms with van der Waals surface area (Å²) in [5.41, 5.74) is 1.73. The van der Waals surface area contributed by atoms with Crippen molar-refractivity contribution < 1.29 is 9.53 Å². The van der Waals surface area contributed by atoms with E-state index in [9.17, 15) is 4.79 Å². The van der Waals surface area contributed by atoms with Crippen LogP contribution < -0.4 is 0 Å². The first-order valence-electron chi connectivity index (χ1n) is 5.93. The zero-order valence-corrected chi connectivity index (χ0v) is 9.88. The van der Waals surface area contributed by atoms with E-state index >= 15 is 0 Å². The molecule has 15 heavy (non-hydrogen) atoms. The van der Waals surface area contributed by atoms with Crippen molar-refractivity contribution in [3.63, 3.8) is 0 Å². The molecule has 0 N–H and O–H groups in total. The smallest absolute Gasteiger partial charge is 0.330 e. The van der Waals surface area contributed by atoms with Gasteiger partial charge in [0.2, 0.25) is 0 Å². The van der Waals surface area contributed by atoms with Gasteiger partial charge in [-0.15, -0.1) is 0 Å². The Kier molecular flexibility index (Phi) is 2.61. The molecule has 0 amide bonds. The largest absolute Gasteiger partial charge is 0.463 e. The molecule has 2 nitrogen and oxygen atoms in total. The molecule has 0 saturated heterocycles. The molecule has 0 heterocycles. The highest BCUT2D eigenvalue weighted by atomic mass is 16.5. The summed E-state index contributed by atoms with van der Waals surface area (Å²) in [7, 11) is 0. The average molecular weight is 208 g/mol. The maximum atomic E-state index is 11.4. The van der Waals surface area contributed by atoms with Crippen molar-refractivity contribution in [2.45, 2.75) is 40.0 Å². The summed E-state index contributed by atoms with van der Waals surface area (Å²) in [6.07, 6.45) is 5.36. The molecule has 3 saturated carbocycles. The molecule has 3 aliphatic rings. The van der Waals surface area contributed by atoms with Gasteiger partial charge in [0.05, 0.1) is 6.61 Å². The van der Waals surface area contributed by atoms with Gasteiger partial charge in [0, 0.05) is 6.08 Å². The number of carbonyl (C=O) groups excluding carboxylic acids is 1. The van der Waals surface area contributed by atoms with Crippen LogP contribution in [0.1, 0.15) is 40.0 Å². The third-order valence-corrected chi connectivity index (χ3v) is 4.29. The molecule has 84 valence electrons. The third kappa shape index (κ3) is 1.70. The molecule has 3 fully saturated rings. The van der Waals surface area contributed by atoms with Crippen LogP contribution in [0.25, 0.3) is 0 Å². The Morgan fingerprint density at radius 3 is 2.87 bits per heavy atom. The van der Waals surface area contributed by atoms with Crippen LogP contribution >= 0.6 is 0 Å². The lowest BCUT2D eigenvalue weighted by Crippen LogP contribution is -2.49. The standard InChI is InChI=1S/C13H20O2/c1-4-15-12(14)7-9-5-6-10-8-11(9)13(10,2)3/h7,10-11H,4-6,8H2,1-3H3/b9-7+/t10-,11-/m0/s1. The molecule has 3 aliphatic carbocycles. The van der Waals surface area contributed by atoms with E-state index in [4.69, 9.17) is 4.74 Å². The van der Waals surface area contributed by atoms with E-state index in [1.165, 1.54) is 18.4 Å². The maximum absolute atomic E-state index is 11.4. The highest BCUT2D eigenvalue weighted by molar-refractivity contribution is 5.83. The Labute approximate surface area is 91.7 Å². The van der Waals surface area contributed by atoms with Gasteiger partial charge in [0.25, 0.3) is 0 Å². The van der Waals surface area contributed by atoms with Gasteiger partial charge in [-0.05, 0) is 43.4 Å². The third-order valence-electron chi connectivity index (χ3n) is 4.29. The topological polar surface area (TPSA) is 26.3 Å². The van der Waals surface area contributed by atoms with Crippen LogP contribution in [0, 0.1) is 17.3 Å². The predicted octanol–water partition coefficient (Wildman–Crippen LogP) is 2.93. The molecule has 0 radical (unpaired) electrons. The second-order valence-electron chi connectivity index (χ2n) is 5.32. The first kappa shape index (κ1) is 10.7. The van der Waals surface area contributed by atoms with Crippen LogP contribution in [-0.4, -0.2) is 12.6 Å². The van der Waals surface area contributed by atoms with Crippen molar-refractivity contribution in [2.24, 2.45) is 17.3 Å². The van der Waals surface area contributed by atoms with Crippen molar-refractivity contribution in [3.8, 4) is 0 Å². The Morgan fingerprint density at radius 1 is 1.60 bits per heavy atom. The van der Waals surface area contributed by atoms with Crippen LogP contribution in [0.15, 0.2) is 11.6 Å². The fourth-order valence-corrected chi connectivity index (χ4v) is 3.16. The molecular weight excluding hydrogens is 188 g/mol. The van der Waals surface area contributed by atoms with Crippen LogP contribution in [0.2, 0.25) is 0 Å². The second kappa shape index (κ2) is 3.66. The lowest BCUT2D eigenvalue weighted by Gasteiger charge is -2.57. The number of hydrogen-bond acceptors (Lipinski definition) is 2. The lowest BCUT2D eigenvalue weighted by atomic mass is 9.47. The molecule has 2 atom stereocenters. The molecule has 2 heteroatoms. The lowest BCUT2D eigenvalue weighted by molar-refractivity contribution is -0.137. The van der Waals surface area contributed by atoms with E-state index in [-0.39, 0.29) is 5.97 Å². The molecule has 2 bridgehead atoms. The monoisotopic (exact) mass is 208 g/mol. The number of hydrogen-bond donors (Lipinski definition) is 0. The van der Waals surface area contributed by atoms with Crippen molar-refractivity contribution in [3.05, 3.63) is 11.6 Å². The predicted molar refractivity (Wildman–Crippen MR) is 59.3 cm³/mol. The normalized spacial score (nSPS) is 34.7. The first-order chi connectivity index (χ1) is 7.05. The van der Waals surface area contributed by atoms with Crippen LogP contribution in [0.4, 0.5) is 0 Å². The fraction of sp³-hybridized carbons (Fsp3) is 0.769. The Hall–Kier alpha value is -0.790. The number of esters is 1. The van der Waals surface area contributed by atoms with E-state index < -0.39 is 0 Å². The molecule has 0 aromatic carbocycles. The Morgan fingerprint density at radius 2 is 2.33 bits per heavy atom. The number of allylic oxidation sites excluding steroid dienone is 1. The van der Waals surface area contributed by atoms with Gasteiger partial charge >= 0.3 is 5.97 Å². The Bertz CT molecular complexity index is 300. The summed E-state index contributed by atoms with van der Waals surface area (Å²) in [6, 6.07) is 0. The van der Waals surface area contributed by atoms with Crippen LogP contribution in [0.5, 0.6) is 0 Å². The van der Waals surface area contributed by atoms with Crippen LogP contribution in [0.3, 0.4) is 0 Å². The zero-order valence-electron chi connectivity index (χ0n) is 9.88. The van der Waals surface area contributed by atoms with Crippen molar-refractivity contribution in [1.82, 2.24) is 0 Å². The number of fused-ring (bicyclic) bond motifs is 2. The number of ether oxygens (including phenoxy) is 1. The molecule has 0 aromatic heterocycles. The van der Waals surface area contributed by atoms with Gasteiger partial charge in [0.1, 0.15) is 0 Å². The fourth-order valence-electron chi connectivity index (χ4n) is 3.16. The summed E-state index contributed by atoms with van der Waals surface area (Å²) in [4.78, 5) is 11.4. The average Bonchev–Trinajstić information content (AvgIpc) is 2.17. The van der Waals surface area contributed by atoms with E-state index in [2.05, 4.69) is 13.8 Å². The van der Waals surface area contributed by atoms with Crippen molar-refractivity contribution in [2.75, 3.05) is 6.61 Å². The van der Waals surface area contributed by atoms with Gasteiger partial charge in [-0.25, -0.2) is 4.79 Å². The van der Waals surface area contributed by atoms with Gasteiger partial charge in [0.15, 0.2) is 0 Å². The zero-order chi connectivity index (χ0) is 11.1. The summed E-state index contributed by atoms with van der Waals surface area (Å²) in [5, 5.41) is 0. The first-order valence-corrected chi connectivity index (χ1v) is 5.93.